The van der Waals surface area contributed by atoms with Crippen LogP contribution in [0.3, 0.4) is 0 Å². The van der Waals surface area contributed by atoms with Crippen molar-refractivity contribution in [3.63, 3.8) is 0 Å². The summed E-state index contributed by atoms with van der Waals surface area (Å²) in [5.74, 6) is -0.149. The lowest BCUT2D eigenvalue weighted by Crippen LogP contribution is -2.42. The van der Waals surface area contributed by atoms with Crippen molar-refractivity contribution in [2.75, 3.05) is 18.4 Å². The highest BCUT2D eigenvalue weighted by molar-refractivity contribution is 7.91. The third-order valence-electron chi connectivity index (χ3n) is 5.20. The Labute approximate surface area is 192 Å². The smallest absolute Gasteiger partial charge is 0.318 e. The highest BCUT2D eigenvalue weighted by Crippen LogP contribution is 2.38. The summed E-state index contributed by atoms with van der Waals surface area (Å²) in [6, 6.07) is 1.97. The van der Waals surface area contributed by atoms with Crippen LogP contribution < -0.4 is 11.1 Å². The number of nitrogens with two attached hydrogens (primary N) is 1. The number of hydrogen-bond donors (Lipinski definition) is 3. The normalized spacial score (nSPS) is 19.7. The molecule has 1 aliphatic rings. The molecule has 3 aromatic heterocycles. The lowest BCUT2D eigenvalue weighted by atomic mass is 9.86. The van der Waals surface area contributed by atoms with Gasteiger partial charge >= 0.3 is 6.03 Å². The number of hydrogen-bond acceptors (Lipinski definition) is 7. The first-order valence-corrected chi connectivity index (χ1v) is 12.2. The first-order chi connectivity index (χ1) is 15.1. The van der Waals surface area contributed by atoms with Crippen LogP contribution in [0.1, 0.15) is 25.0 Å². The number of pyridine rings is 1. The Morgan fingerprint density at radius 1 is 1.38 bits per heavy atom. The lowest BCUT2D eigenvalue weighted by molar-refractivity contribution is 0.246. The summed E-state index contributed by atoms with van der Waals surface area (Å²) in [5, 5.41) is 2.67. The van der Waals surface area contributed by atoms with E-state index in [0.29, 0.717) is 23.6 Å². The van der Waals surface area contributed by atoms with Gasteiger partial charge in [-0.3, -0.25) is 5.32 Å². The largest absolute Gasteiger partial charge is 0.351 e. The minimum absolute atomic E-state index is 0.0242. The monoisotopic (exact) mass is 499 g/mol. The van der Waals surface area contributed by atoms with Crippen LogP contribution in [0.5, 0.6) is 0 Å². The minimum atomic E-state index is -3.77. The predicted octanol–water partition coefficient (Wildman–Crippen LogP) is 3.03. The van der Waals surface area contributed by atoms with E-state index < -0.39 is 21.9 Å². The van der Waals surface area contributed by atoms with Gasteiger partial charge in [-0.15, -0.1) is 0 Å². The number of halogens is 2. The molecule has 0 saturated carbocycles. The number of urea groups is 1. The fourth-order valence-corrected chi connectivity index (χ4v) is 6.69. The van der Waals surface area contributed by atoms with Crippen LogP contribution in [0.2, 0.25) is 5.15 Å². The number of aromatic nitrogens is 4. The van der Waals surface area contributed by atoms with Crippen LogP contribution >= 0.6 is 22.9 Å². The van der Waals surface area contributed by atoms with Crippen LogP contribution in [-0.4, -0.2) is 51.8 Å². The zero-order valence-corrected chi connectivity index (χ0v) is 19.1. The van der Waals surface area contributed by atoms with Crippen LogP contribution in [0.15, 0.2) is 28.7 Å². The number of piperidine rings is 1. The highest BCUT2D eigenvalue weighted by atomic mass is 35.5. The van der Waals surface area contributed by atoms with Gasteiger partial charge in [0.25, 0.3) is 10.0 Å². The highest BCUT2D eigenvalue weighted by Gasteiger charge is 2.37. The van der Waals surface area contributed by atoms with Gasteiger partial charge in [0, 0.05) is 19.0 Å². The van der Waals surface area contributed by atoms with Crippen molar-refractivity contribution in [2.45, 2.75) is 23.5 Å². The average Bonchev–Trinajstić information content (AvgIpc) is 3.35. The number of carbonyl (C=O) groups excluding carboxylic acids is 1. The van der Waals surface area contributed by atoms with Crippen molar-refractivity contribution in [3.8, 4) is 11.5 Å². The number of sulfonamides is 1. The summed E-state index contributed by atoms with van der Waals surface area (Å²) in [7, 11) is -3.77. The van der Waals surface area contributed by atoms with Crippen molar-refractivity contribution in [3.05, 3.63) is 41.2 Å². The van der Waals surface area contributed by atoms with E-state index in [9.17, 15) is 17.6 Å². The topological polar surface area (TPSA) is 147 Å². The van der Waals surface area contributed by atoms with Crippen LogP contribution in [0.25, 0.3) is 11.5 Å². The van der Waals surface area contributed by atoms with Gasteiger partial charge in [-0.1, -0.05) is 29.9 Å². The number of imidazole rings is 1. The Hall–Kier alpha value is -2.61. The predicted molar refractivity (Wildman–Crippen MR) is 117 cm³/mol. The van der Waals surface area contributed by atoms with Gasteiger partial charge in [-0.25, -0.2) is 32.6 Å². The molecule has 0 bridgehead atoms. The quantitative estimate of drug-likeness (QED) is 0.491. The van der Waals surface area contributed by atoms with E-state index in [-0.39, 0.29) is 39.4 Å². The lowest BCUT2D eigenvalue weighted by Gasteiger charge is -2.35. The molecule has 10 nitrogen and oxygen atoms in total. The molecule has 4 N–H and O–H groups in total. The first-order valence-electron chi connectivity index (χ1n) is 9.55. The third-order valence-corrected chi connectivity index (χ3v) is 8.71. The van der Waals surface area contributed by atoms with Crippen molar-refractivity contribution >= 4 is 44.1 Å². The number of aromatic amines is 1. The maximum Gasteiger partial charge on any atom is 0.318 e. The van der Waals surface area contributed by atoms with Crippen molar-refractivity contribution in [1.29, 1.82) is 0 Å². The molecule has 14 heteroatoms. The van der Waals surface area contributed by atoms with Gasteiger partial charge in [-0.05, 0) is 24.5 Å². The standard InChI is InChI=1S/C18H19ClFN7O3S2/c1-9-8-27(32(29,30)13-7-23-18(31-13)26-17(21)28)5-4-11(9)14-15(19)25-16(24-14)12-3-2-10(20)6-22-12/h2-3,6-7,9,11H,4-5,8H2,1H3,(H,24,25)(H3,21,23,26,28)/t9-,11+/m0/s1. The molecule has 4 heterocycles. The van der Waals surface area contributed by atoms with Gasteiger partial charge in [0.15, 0.2) is 20.3 Å². The number of nitrogens with one attached hydrogen (secondary N) is 2. The molecule has 1 fully saturated rings. The SMILES string of the molecule is C[C@H]1CN(S(=O)(=O)c2cnc(NC(N)=O)s2)CC[C@H]1c1[nH]c(-c2ccc(F)cn2)nc1Cl. The van der Waals surface area contributed by atoms with E-state index in [4.69, 9.17) is 17.3 Å². The average molecular weight is 500 g/mol. The summed E-state index contributed by atoms with van der Waals surface area (Å²) in [6.45, 7) is 2.47. The van der Waals surface area contributed by atoms with E-state index in [0.717, 1.165) is 17.5 Å². The van der Waals surface area contributed by atoms with Crippen molar-refractivity contribution in [2.24, 2.45) is 11.7 Å². The van der Waals surface area contributed by atoms with E-state index in [2.05, 4.69) is 25.3 Å². The fraction of sp³-hybridized carbons (Fsp3) is 0.333. The summed E-state index contributed by atoms with van der Waals surface area (Å²) in [4.78, 5) is 26.3. The Kier molecular flexibility index (Phi) is 6.16. The number of H-pyrrole nitrogens is 1. The van der Waals surface area contributed by atoms with E-state index in [1.54, 1.807) is 0 Å². The molecule has 1 saturated heterocycles. The second-order valence-electron chi connectivity index (χ2n) is 7.36. The van der Waals surface area contributed by atoms with Gasteiger partial charge in [0.05, 0.1) is 18.1 Å². The molecule has 2 amide bonds. The van der Waals surface area contributed by atoms with Crippen molar-refractivity contribution in [1.82, 2.24) is 24.2 Å². The van der Waals surface area contributed by atoms with E-state index in [1.807, 2.05) is 6.92 Å². The summed E-state index contributed by atoms with van der Waals surface area (Å²) >= 11 is 7.20. The maximum atomic E-state index is 13.1. The van der Waals surface area contributed by atoms with Gasteiger partial charge in [0.2, 0.25) is 0 Å². The summed E-state index contributed by atoms with van der Waals surface area (Å²) in [5.41, 5.74) is 6.20. The number of primary amides is 1. The Morgan fingerprint density at radius 3 is 2.81 bits per heavy atom. The first kappa shape index (κ1) is 22.6. The Morgan fingerprint density at radius 2 is 2.16 bits per heavy atom. The zero-order valence-electron chi connectivity index (χ0n) is 16.7. The van der Waals surface area contributed by atoms with Gasteiger partial charge in [0.1, 0.15) is 11.5 Å². The molecule has 0 radical (unpaired) electrons. The molecular formula is C18H19ClFN7O3S2. The maximum absolute atomic E-state index is 13.1. The molecule has 0 spiro atoms. The molecule has 32 heavy (non-hydrogen) atoms. The zero-order chi connectivity index (χ0) is 23.0. The number of anilines is 1. The second kappa shape index (κ2) is 8.73. The molecule has 0 aliphatic carbocycles. The minimum Gasteiger partial charge on any atom is -0.351 e. The third kappa shape index (κ3) is 4.46. The Balaban J connectivity index is 1.50. The van der Waals surface area contributed by atoms with E-state index >= 15 is 0 Å². The molecule has 1 aliphatic heterocycles. The molecule has 2 atom stereocenters. The molecule has 170 valence electrons. The number of rotatable bonds is 5. The van der Waals surface area contributed by atoms with Crippen molar-refractivity contribution < 1.29 is 17.6 Å². The van der Waals surface area contributed by atoms with E-state index in [1.165, 1.54) is 22.6 Å². The number of thiazole rings is 1. The Bertz CT molecular complexity index is 1250. The van der Waals surface area contributed by atoms with Crippen LogP contribution in [-0.2, 0) is 10.0 Å². The van der Waals surface area contributed by atoms with Crippen LogP contribution in [0.4, 0.5) is 14.3 Å². The fourth-order valence-electron chi connectivity index (χ4n) is 3.67. The number of amides is 2. The molecule has 3 aromatic rings. The summed E-state index contributed by atoms with van der Waals surface area (Å²) in [6.07, 6.45) is 2.82. The number of carbonyl (C=O) groups is 1. The molecule has 0 aromatic carbocycles. The number of nitrogens with zero attached hydrogens (tertiary/aromatic N) is 4. The molecule has 4 rings (SSSR count). The summed E-state index contributed by atoms with van der Waals surface area (Å²) < 4.78 is 40.6. The molecule has 0 unspecified atom stereocenters. The second-order valence-corrected chi connectivity index (χ2v) is 10.9. The van der Waals surface area contributed by atoms with Gasteiger partial charge < -0.3 is 10.7 Å². The van der Waals surface area contributed by atoms with Gasteiger partial charge in [-0.2, -0.15) is 4.31 Å². The van der Waals surface area contributed by atoms with Crippen LogP contribution in [0, 0.1) is 11.7 Å². The molecular weight excluding hydrogens is 481 g/mol.